The number of rotatable bonds is 10. The average molecular weight is 240 g/mol. The van der Waals surface area contributed by atoms with Crippen LogP contribution in [-0.4, -0.2) is 5.11 Å². The quantitative estimate of drug-likeness (QED) is 0.484. The Morgan fingerprint density at radius 2 is 1.53 bits per heavy atom. The van der Waals surface area contributed by atoms with Gasteiger partial charge >= 0.3 is 0 Å². The monoisotopic (exact) mass is 240 g/mol. The second-order valence-corrected chi connectivity index (χ2v) is 5.87. The predicted molar refractivity (Wildman–Crippen MR) is 77.3 cm³/mol. The van der Waals surface area contributed by atoms with Crippen molar-refractivity contribution in [2.75, 3.05) is 0 Å². The Morgan fingerprint density at radius 1 is 0.941 bits per heavy atom. The van der Waals surface area contributed by atoms with Crippen molar-refractivity contribution in [1.29, 1.82) is 0 Å². The van der Waals surface area contributed by atoms with Crippen molar-refractivity contribution in [1.82, 2.24) is 0 Å². The van der Waals surface area contributed by atoms with Crippen molar-refractivity contribution >= 4 is 0 Å². The first kappa shape index (κ1) is 16.5. The van der Waals surface area contributed by atoms with E-state index in [1.807, 2.05) is 6.08 Å². The Labute approximate surface area is 108 Å². The standard InChI is InChI=1S/C16H32O/c1-5-16(12-13-17)11-7-10-15(4)9-6-8-14(2)3/h12-17H,5-11H2,1-4H3. The van der Waals surface area contributed by atoms with Gasteiger partial charge in [0.05, 0.1) is 6.26 Å². The average Bonchev–Trinajstić information content (AvgIpc) is 2.27. The van der Waals surface area contributed by atoms with E-state index in [1.54, 1.807) is 0 Å². The summed E-state index contributed by atoms with van der Waals surface area (Å²) in [4.78, 5) is 0. The maximum absolute atomic E-state index is 8.76. The maximum Gasteiger partial charge on any atom is 0.0754 e. The van der Waals surface area contributed by atoms with E-state index < -0.39 is 0 Å². The van der Waals surface area contributed by atoms with Crippen LogP contribution in [0.3, 0.4) is 0 Å². The summed E-state index contributed by atoms with van der Waals surface area (Å²) < 4.78 is 0. The Morgan fingerprint density at radius 3 is 2.00 bits per heavy atom. The molecule has 1 nitrogen and oxygen atoms in total. The van der Waals surface area contributed by atoms with Crippen molar-refractivity contribution < 1.29 is 5.11 Å². The number of hydrogen-bond acceptors (Lipinski definition) is 1. The minimum atomic E-state index is 0.572. The fourth-order valence-electron chi connectivity index (χ4n) is 2.31. The summed E-state index contributed by atoms with van der Waals surface area (Å²) >= 11 is 0. The Kier molecular flexibility index (Phi) is 10.4. The van der Waals surface area contributed by atoms with Gasteiger partial charge in [-0.3, -0.25) is 0 Å². The zero-order valence-electron chi connectivity index (χ0n) is 12.3. The maximum atomic E-state index is 8.76. The van der Waals surface area contributed by atoms with Gasteiger partial charge in [-0.25, -0.2) is 0 Å². The highest BCUT2D eigenvalue weighted by molar-refractivity contribution is 4.81. The molecule has 0 aliphatic carbocycles. The first-order chi connectivity index (χ1) is 8.10. The van der Waals surface area contributed by atoms with Gasteiger partial charge in [0.25, 0.3) is 0 Å². The number of aliphatic hydroxyl groups excluding tert-OH is 1. The molecule has 1 heteroatoms. The van der Waals surface area contributed by atoms with E-state index in [2.05, 4.69) is 27.7 Å². The van der Waals surface area contributed by atoms with Gasteiger partial charge in [0.2, 0.25) is 0 Å². The third-order valence-corrected chi connectivity index (χ3v) is 3.63. The van der Waals surface area contributed by atoms with E-state index in [4.69, 9.17) is 5.11 Å². The zero-order valence-corrected chi connectivity index (χ0v) is 12.3. The SMILES string of the molecule is CCC(C=CO)CCCC(C)CCCC(C)C. The lowest BCUT2D eigenvalue weighted by molar-refractivity contribution is 0.402. The Balaban J connectivity index is 3.52. The molecule has 0 rings (SSSR count). The molecule has 1 N–H and O–H groups in total. The summed E-state index contributed by atoms with van der Waals surface area (Å²) in [7, 11) is 0. The largest absolute Gasteiger partial charge is 0.516 e. The van der Waals surface area contributed by atoms with E-state index in [1.165, 1.54) is 44.8 Å². The fraction of sp³-hybridized carbons (Fsp3) is 0.875. The van der Waals surface area contributed by atoms with E-state index in [9.17, 15) is 0 Å². The topological polar surface area (TPSA) is 20.2 Å². The summed E-state index contributed by atoms with van der Waals surface area (Å²) in [6.45, 7) is 9.18. The van der Waals surface area contributed by atoms with Gasteiger partial charge in [-0.05, 0) is 36.7 Å². The molecule has 0 amide bonds. The molecule has 0 bridgehead atoms. The van der Waals surface area contributed by atoms with E-state index >= 15 is 0 Å². The molecule has 0 saturated carbocycles. The number of hydrogen-bond donors (Lipinski definition) is 1. The molecule has 0 fully saturated rings. The molecule has 0 aliphatic heterocycles. The van der Waals surface area contributed by atoms with Crippen LogP contribution in [0.4, 0.5) is 0 Å². The van der Waals surface area contributed by atoms with Gasteiger partial charge in [0.15, 0.2) is 0 Å². The summed E-state index contributed by atoms with van der Waals surface area (Å²) in [5.74, 6) is 2.29. The number of allylic oxidation sites excluding steroid dienone is 1. The van der Waals surface area contributed by atoms with Gasteiger partial charge in [0.1, 0.15) is 0 Å². The van der Waals surface area contributed by atoms with E-state index in [-0.39, 0.29) is 0 Å². The van der Waals surface area contributed by atoms with Gasteiger partial charge in [-0.1, -0.05) is 59.8 Å². The highest BCUT2D eigenvalue weighted by atomic mass is 16.2. The summed E-state index contributed by atoms with van der Waals surface area (Å²) in [6.07, 6.45) is 12.3. The van der Waals surface area contributed by atoms with Crippen molar-refractivity contribution in [3.63, 3.8) is 0 Å². The second-order valence-electron chi connectivity index (χ2n) is 5.87. The first-order valence-corrected chi connectivity index (χ1v) is 7.41. The molecular weight excluding hydrogens is 208 g/mol. The molecule has 0 aromatic heterocycles. The van der Waals surface area contributed by atoms with Gasteiger partial charge in [-0.15, -0.1) is 0 Å². The second kappa shape index (κ2) is 10.7. The van der Waals surface area contributed by atoms with Crippen LogP contribution in [0.1, 0.15) is 72.6 Å². The Bertz CT molecular complexity index is 184. The van der Waals surface area contributed by atoms with Gasteiger partial charge < -0.3 is 5.11 Å². The molecular formula is C16H32O. The number of aliphatic hydroxyl groups is 1. The third kappa shape index (κ3) is 10.4. The zero-order chi connectivity index (χ0) is 13.1. The smallest absolute Gasteiger partial charge is 0.0754 e. The third-order valence-electron chi connectivity index (χ3n) is 3.63. The fourth-order valence-corrected chi connectivity index (χ4v) is 2.31. The lowest BCUT2D eigenvalue weighted by Gasteiger charge is -2.14. The molecule has 0 aromatic carbocycles. The van der Waals surface area contributed by atoms with Crippen LogP contribution in [0, 0.1) is 17.8 Å². The van der Waals surface area contributed by atoms with Crippen molar-refractivity contribution in [3.05, 3.63) is 12.3 Å². The molecule has 102 valence electrons. The molecule has 0 aliphatic rings. The molecule has 2 unspecified atom stereocenters. The molecule has 0 spiro atoms. The van der Waals surface area contributed by atoms with Crippen molar-refractivity contribution in [3.8, 4) is 0 Å². The highest BCUT2D eigenvalue weighted by Crippen LogP contribution is 2.20. The minimum absolute atomic E-state index is 0.572. The molecule has 0 aromatic rings. The van der Waals surface area contributed by atoms with E-state index in [0.29, 0.717) is 5.92 Å². The van der Waals surface area contributed by atoms with Gasteiger partial charge in [-0.2, -0.15) is 0 Å². The van der Waals surface area contributed by atoms with Crippen LogP contribution < -0.4 is 0 Å². The molecule has 0 heterocycles. The minimum Gasteiger partial charge on any atom is -0.516 e. The Hall–Kier alpha value is -0.460. The lowest BCUT2D eigenvalue weighted by atomic mass is 9.92. The first-order valence-electron chi connectivity index (χ1n) is 7.41. The molecule has 2 atom stereocenters. The van der Waals surface area contributed by atoms with Crippen LogP contribution >= 0.6 is 0 Å². The molecule has 0 saturated heterocycles. The van der Waals surface area contributed by atoms with Crippen LogP contribution in [0.2, 0.25) is 0 Å². The summed E-state index contributed by atoms with van der Waals surface area (Å²) in [6, 6.07) is 0. The van der Waals surface area contributed by atoms with Crippen LogP contribution in [0.25, 0.3) is 0 Å². The highest BCUT2D eigenvalue weighted by Gasteiger charge is 2.06. The van der Waals surface area contributed by atoms with Crippen LogP contribution in [0.15, 0.2) is 12.3 Å². The van der Waals surface area contributed by atoms with Crippen LogP contribution in [-0.2, 0) is 0 Å². The molecule has 0 radical (unpaired) electrons. The van der Waals surface area contributed by atoms with Crippen LogP contribution in [0.5, 0.6) is 0 Å². The lowest BCUT2D eigenvalue weighted by Crippen LogP contribution is -2.00. The van der Waals surface area contributed by atoms with E-state index in [0.717, 1.165) is 18.3 Å². The molecule has 17 heavy (non-hydrogen) atoms. The summed E-state index contributed by atoms with van der Waals surface area (Å²) in [5.41, 5.74) is 0. The predicted octanol–water partition coefficient (Wildman–Crippen LogP) is 5.72. The van der Waals surface area contributed by atoms with Gasteiger partial charge in [0, 0.05) is 0 Å². The van der Waals surface area contributed by atoms with Crippen molar-refractivity contribution in [2.45, 2.75) is 72.6 Å². The normalized spacial score (nSPS) is 15.6. The van der Waals surface area contributed by atoms with Crippen molar-refractivity contribution in [2.24, 2.45) is 17.8 Å². The summed E-state index contributed by atoms with van der Waals surface area (Å²) in [5, 5.41) is 8.76.